The minimum Gasteiger partial charge on any atom is -0.464 e. The van der Waals surface area contributed by atoms with Crippen LogP contribution in [0.4, 0.5) is 4.79 Å². The lowest BCUT2D eigenvalue weighted by Gasteiger charge is -2.23. The zero-order chi connectivity index (χ0) is 19.9. The molecule has 5 nitrogen and oxygen atoms in total. The van der Waals surface area contributed by atoms with Crippen molar-refractivity contribution in [2.45, 2.75) is 39.8 Å². The molecule has 2 aromatic carbocycles. The second-order valence-electron chi connectivity index (χ2n) is 7.02. The van der Waals surface area contributed by atoms with Crippen molar-refractivity contribution in [2.24, 2.45) is 0 Å². The van der Waals surface area contributed by atoms with Crippen LogP contribution in [0.1, 0.15) is 36.5 Å². The van der Waals surface area contributed by atoms with E-state index in [-0.39, 0.29) is 18.0 Å². The number of carbonyl (C=O) groups excluding carboxylic acids is 1. The van der Waals surface area contributed by atoms with Gasteiger partial charge in [0, 0.05) is 13.1 Å². The van der Waals surface area contributed by atoms with Crippen LogP contribution in [0.15, 0.2) is 64.0 Å². The third-order valence-electron chi connectivity index (χ3n) is 4.67. The number of fused-ring (bicyclic) bond motifs is 1. The van der Waals surface area contributed by atoms with E-state index < -0.39 is 0 Å². The number of benzene rings is 2. The third-order valence-corrected chi connectivity index (χ3v) is 4.67. The van der Waals surface area contributed by atoms with Crippen LogP contribution in [0.2, 0.25) is 0 Å². The first-order valence-corrected chi connectivity index (χ1v) is 9.66. The predicted octanol–water partition coefficient (Wildman–Crippen LogP) is 4.61. The summed E-state index contributed by atoms with van der Waals surface area (Å²) in [5, 5.41) is 3.49. The number of urea groups is 1. The van der Waals surface area contributed by atoms with Gasteiger partial charge in [-0.15, -0.1) is 0 Å². The molecule has 5 heteroatoms. The van der Waals surface area contributed by atoms with Crippen LogP contribution in [0.25, 0.3) is 11.0 Å². The van der Waals surface area contributed by atoms with E-state index >= 15 is 0 Å². The SMILES string of the molecule is CCCCNC(=O)N(Cc1ccccc1)Cc1coc2ccc(C)cc2c1=O. The number of nitrogens with one attached hydrogen (secondary N) is 1. The molecule has 0 aliphatic carbocycles. The number of hydrogen-bond acceptors (Lipinski definition) is 3. The molecular formula is C23H26N2O3. The summed E-state index contributed by atoms with van der Waals surface area (Å²) >= 11 is 0. The van der Waals surface area contributed by atoms with Crippen molar-refractivity contribution in [3.05, 3.63) is 81.7 Å². The molecule has 0 spiro atoms. The number of hydrogen-bond donors (Lipinski definition) is 1. The Kier molecular flexibility index (Phi) is 6.48. The minimum atomic E-state index is -0.180. The Balaban J connectivity index is 1.87. The van der Waals surface area contributed by atoms with Crippen LogP contribution >= 0.6 is 0 Å². The molecule has 0 fully saturated rings. The highest BCUT2D eigenvalue weighted by Gasteiger charge is 2.17. The van der Waals surface area contributed by atoms with Crippen molar-refractivity contribution in [1.29, 1.82) is 0 Å². The molecule has 3 rings (SSSR count). The van der Waals surface area contributed by atoms with E-state index in [0.29, 0.717) is 29.6 Å². The molecule has 1 N–H and O–H groups in total. The van der Waals surface area contributed by atoms with Crippen LogP contribution in [-0.2, 0) is 13.1 Å². The van der Waals surface area contributed by atoms with E-state index in [0.717, 1.165) is 24.0 Å². The molecule has 0 unspecified atom stereocenters. The van der Waals surface area contributed by atoms with Crippen LogP contribution < -0.4 is 10.7 Å². The van der Waals surface area contributed by atoms with Crippen molar-refractivity contribution in [3.63, 3.8) is 0 Å². The Morgan fingerprint density at radius 1 is 1.11 bits per heavy atom. The summed E-state index contributed by atoms with van der Waals surface area (Å²) in [6.07, 6.45) is 3.40. The van der Waals surface area contributed by atoms with E-state index in [4.69, 9.17) is 4.42 Å². The molecule has 146 valence electrons. The molecule has 0 bridgehead atoms. The summed E-state index contributed by atoms with van der Waals surface area (Å²) in [5.74, 6) is 0. The Hall–Kier alpha value is -3.08. The molecule has 0 atom stereocenters. The van der Waals surface area contributed by atoms with Gasteiger partial charge in [0.25, 0.3) is 0 Å². The summed E-state index contributed by atoms with van der Waals surface area (Å²) in [7, 11) is 0. The van der Waals surface area contributed by atoms with Crippen LogP contribution in [-0.4, -0.2) is 17.5 Å². The Bertz CT molecular complexity index is 996. The van der Waals surface area contributed by atoms with Crippen molar-refractivity contribution >= 4 is 17.0 Å². The van der Waals surface area contributed by atoms with Crippen LogP contribution in [0.3, 0.4) is 0 Å². The summed E-state index contributed by atoms with van der Waals surface area (Å²) in [4.78, 5) is 27.3. The first-order valence-electron chi connectivity index (χ1n) is 9.66. The van der Waals surface area contributed by atoms with Gasteiger partial charge in [-0.25, -0.2) is 4.79 Å². The number of carbonyl (C=O) groups is 1. The van der Waals surface area contributed by atoms with E-state index in [1.54, 1.807) is 11.0 Å². The lowest BCUT2D eigenvalue weighted by atomic mass is 10.1. The quantitative estimate of drug-likeness (QED) is 0.611. The number of nitrogens with zero attached hydrogens (tertiary/aromatic N) is 1. The normalized spacial score (nSPS) is 10.8. The first-order chi connectivity index (χ1) is 13.6. The second-order valence-corrected chi connectivity index (χ2v) is 7.02. The lowest BCUT2D eigenvalue weighted by Crippen LogP contribution is -2.40. The lowest BCUT2D eigenvalue weighted by molar-refractivity contribution is 0.191. The van der Waals surface area contributed by atoms with Gasteiger partial charge in [-0.3, -0.25) is 4.79 Å². The standard InChI is InChI=1S/C23H26N2O3/c1-3-4-12-24-23(27)25(14-18-8-6-5-7-9-18)15-19-16-28-21-11-10-17(2)13-20(21)22(19)26/h5-11,13,16H,3-4,12,14-15H2,1-2H3,(H,24,27). The summed E-state index contributed by atoms with van der Waals surface area (Å²) in [5.41, 5.74) is 2.94. The van der Waals surface area contributed by atoms with Crippen LogP contribution in [0, 0.1) is 6.92 Å². The Labute approximate surface area is 165 Å². The Morgan fingerprint density at radius 3 is 2.64 bits per heavy atom. The van der Waals surface area contributed by atoms with E-state index in [1.165, 1.54) is 6.26 Å². The molecule has 0 saturated carbocycles. The number of aryl methyl sites for hydroxylation is 1. The zero-order valence-corrected chi connectivity index (χ0v) is 16.4. The molecule has 3 aromatic rings. The highest BCUT2D eigenvalue weighted by molar-refractivity contribution is 5.78. The monoisotopic (exact) mass is 378 g/mol. The van der Waals surface area contributed by atoms with Crippen molar-refractivity contribution < 1.29 is 9.21 Å². The van der Waals surface area contributed by atoms with Gasteiger partial charge >= 0.3 is 6.03 Å². The molecule has 1 heterocycles. The molecule has 28 heavy (non-hydrogen) atoms. The third kappa shape index (κ3) is 4.80. The largest absolute Gasteiger partial charge is 0.464 e. The van der Waals surface area contributed by atoms with Gasteiger partial charge in [-0.2, -0.15) is 0 Å². The number of unbranched alkanes of at least 4 members (excludes halogenated alkanes) is 1. The minimum absolute atomic E-state index is 0.0932. The predicted molar refractivity (Wildman–Crippen MR) is 111 cm³/mol. The smallest absolute Gasteiger partial charge is 0.318 e. The van der Waals surface area contributed by atoms with Gasteiger partial charge in [0.1, 0.15) is 5.58 Å². The van der Waals surface area contributed by atoms with E-state index in [9.17, 15) is 9.59 Å². The molecule has 0 aliphatic rings. The average Bonchev–Trinajstić information content (AvgIpc) is 2.70. The van der Waals surface area contributed by atoms with Crippen LogP contribution in [0.5, 0.6) is 0 Å². The molecule has 0 radical (unpaired) electrons. The molecular weight excluding hydrogens is 352 g/mol. The first kappa shape index (κ1) is 19.7. The fourth-order valence-corrected chi connectivity index (χ4v) is 3.09. The highest BCUT2D eigenvalue weighted by Crippen LogP contribution is 2.15. The number of amides is 2. The average molecular weight is 378 g/mol. The van der Waals surface area contributed by atoms with Crippen molar-refractivity contribution in [2.75, 3.05) is 6.54 Å². The maximum absolute atomic E-state index is 12.9. The van der Waals surface area contributed by atoms with Crippen molar-refractivity contribution in [1.82, 2.24) is 10.2 Å². The maximum atomic E-state index is 12.9. The zero-order valence-electron chi connectivity index (χ0n) is 16.4. The topological polar surface area (TPSA) is 62.6 Å². The highest BCUT2D eigenvalue weighted by atomic mass is 16.3. The number of rotatable bonds is 7. The van der Waals surface area contributed by atoms with Gasteiger partial charge in [-0.05, 0) is 31.0 Å². The van der Waals surface area contributed by atoms with E-state index in [2.05, 4.69) is 12.2 Å². The van der Waals surface area contributed by atoms with E-state index in [1.807, 2.05) is 49.4 Å². The van der Waals surface area contributed by atoms with Gasteiger partial charge in [-0.1, -0.05) is 55.3 Å². The van der Waals surface area contributed by atoms with Gasteiger partial charge in [0.2, 0.25) is 0 Å². The molecule has 2 amide bonds. The molecule has 1 aromatic heterocycles. The maximum Gasteiger partial charge on any atom is 0.318 e. The summed E-state index contributed by atoms with van der Waals surface area (Å²) in [6.45, 7) is 5.25. The molecule has 0 saturated heterocycles. The van der Waals surface area contributed by atoms with Gasteiger partial charge < -0.3 is 14.6 Å². The summed E-state index contributed by atoms with van der Waals surface area (Å²) < 4.78 is 5.65. The van der Waals surface area contributed by atoms with Gasteiger partial charge in [0.05, 0.1) is 23.8 Å². The molecule has 0 aliphatic heterocycles. The summed E-state index contributed by atoms with van der Waals surface area (Å²) in [6, 6.07) is 15.1. The second kappa shape index (κ2) is 9.22. The van der Waals surface area contributed by atoms with Gasteiger partial charge in [0.15, 0.2) is 5.43 Å². The fourth-order valence-electron chi connectivity index (χ4n) is 3.09. The Morgan fingerprint density at radius 2 is 1.89 bits per heavy atom. The fraction of sp³-hybridized carbons (Fsp3) is 0.304. The van der Waals surface area contributed by atoms with Crippen molar-refractivity contribution in [3.8, 4) is 0 Å².